The predicted octanol–water partition coefficient (Wildman–Crippen LogP) is 3.09. The number of hydrogen-bond donors (Lipinski definition) is 1. The van der Waals surface area contributed by atoms with Crippen molar-refractivity contribution in [1.29, 1.82) is 0 Å². The highest BCUT2D eigenvalue weighted by atomic mass is 16.5. The first kappa shape index (κ1) is 18.0. The number of carbonyl (C=O) groups is 1. The Labute approximate surface area is 162 Å². The van der Waals surface area contributed by atoms with Gasteiger partial charge in [-0.15, -0.1) is 0 Å². The van der Waals surface area contributed by atoms with E-state index in [0.717, 1.165) is 22.5 Å². The zero-order valence-electron chi connectivity index (χ0n) is 16.4. The van der Waals surface area contributed by atoms with Gasteiger partial charge in [-0.05, 0) is 38.5 Å². The van der Waals surface area contributed by atoms with Crippen LogP contribution in [-0.4, -0.2) is 40.3 Å². The van der Waals surface area contributed by atoms with Crippen molar-refractivity contribution in [2.75, 3.05) is 19.1 Å². The first-order valence-corrected chi connectivity index (χ1v) is 8.82. The van der Waals surface area contributed by atoms with E-state index in [4.69, 9.17) is 14.5 Å². The van der Waals surface area contributed by atoms with E-state index < -0.39 is 5.54 Å². The molecule has 28 heavy (non-hydrogen) atoms. The van der Waals surface area contributed by atoms with E-state index in [1.807, 2.05) is 32.9 Å². The maximum Gasteiger partial charge on any atom is 0.261 e. The third-order valence-corrected chi connectivity index (χ3v) is 5.04. The summed E-state index contributed by atoms with van der Waals surface area (Å²) in [6, 6.07) is 3.73. The summed E-state index contributed by atoms with van der Waals surface area (Å²) in [6.07, 6.45) is 5.03. The van der Waals surface area contributed by atoms with Crippen molar-refractivity contribution in [2.45, 2.75) is 26.3 Å². The maximum absolute atomic E-state index is 13.2. The molecule has 0 unspecified atom stereocenters. The van der Waals surface area contributed by atoms with Crippen molar-refractivity contribution in [3.8, 4) is 22.9 Å². The lowest BCUT2D eigenvalue weighted by Crippen LogP contribution is -2.39. The van der Waals surface area contributed by atoms with Gasteiger partial charge in [0.25, 0.3) is 11.8 Å². The maximum atomic E-state index is 13.2. The first-order chi connectivity index (χ1) is 13.4. The van der Waals surface area contributed by atoms with Crippen LogP contribution in [0.15, 0.2) is 30.7 Å². The van der Waals surface area contributed by atoms with Crippen molar-refractivity contribution in [1.82, 2.24) is 20.2 Å². The fourth-order valence-corrected chi connectivity index (χ4v) is 3.68. The van der Waals surface area contributed by atoms with Crippen LogP contribution >= 0.6 is 0 Å². The number of carbonyl (C=O) groups excluding carboxylic acids is 1. The summed E-state index contributed by atoms with van der Waals surface area (Å²) in [5.74, 6) is 0.851. The van der Waals surface area contributed by atoms with Gasteiger partial charge in [0, 0.05) is 18.0 Å². The molecule has 1 amide bonds. The van der Waals surface area contributed by atoms with Crippen molar-refractivity contribution < 1.29 is 14.3 Å². The lowest BCUT2D eigenvalue weighted by atomic mass is 9.96. The van der Waals surface area contributed by atoms with Crippen LogP contribution in [0.3, 0.4) is 0 Å². The lowest BCUT2D eigenvalue weighted by molar-refractivity contribution is 0.0981. The van der Waals surface area contributed by atoms with Crippen LogP contribution in [0.25, 0.3) is 11.3 Å². The standard InChI is InChI=1S/C20H21N5O3/c1-11-6-14(12-7-15(27-4)18(28-5)21-8-12)24-17-16(11)19(26)25(20(17,2)3)13-9-22-23-10-13/h6-10H,1-5H3,(H,22,23). The van der Waals surface area contributed by atoms with Crippen molar-refractivity contribution in [3.05, 3.63) is 47.5 Å². The van der Waals surface area contributed by atoms with Crippen LogP contribution in [-0.2, 0) is 5.54 Å². The number of methoxy groups -OCH3 is 2. The van der Waals surface area contributed by atoms with Crippen LogP contribution in [0.4, 0.5) is 5.69 Å². The highest BCUT2D eigenvalue weighted by molar-refractivity contribution is 6.12. The van der Waals surface area contributed by atoms with Gasteiger partial charge in [0.1, 0.15) is 0 Å². The molecule has 3 aromatic heterocycles. The third-order valence-electron chi connectivity index (χ3n) is 5.04. The van der Waals surface area contributed by atoms with Crippen LogP contribution in [0.2, 0.25) is 0 Å². The van der Waals surface area contributed by atoms with Gasteiger partial charge in [-0.25, -0.2) is 9.97 Å². The molecule has 0 spiro atoms. The van der Waals surface area contributed by atoms with Crippen molar-refractivity contribution in [2.24, 2.45) is 0 Å². The molecule has 144 valence electrons. The number of rotatable bonds is 4. The monoisotopic (exact) mass is 379 g/mol. The molecule has 1 aliphatic heterocycles. The van der Waals surface area contributed by atoms with Crippen LogP contribution < -0.4 is 14.4 Å². The fraction of sp³-hybridized carbons (Fsp3) is 0.300. The van der Waals surface area contributed by atoms with Gasteiger partial charge in [-0.1, -0.05) is 0 Å². The number of anilines is 1. The summed E-state index contributed by atoms with van der Waals surface area (Å²) < 4.78 is 10.6. The van der Waals surface area contributed by atoms with E-state index in [2.05, 4.69) is 15.2 Å². The van der Waals surface area contributed by atoms with E-state index in [9.17, 15) is 4.79 Å². The molecule has 0 radical (unpaired) electrons. The Morgan fingerprint density at radius 2 is 1.93 bits per heavy atom. The van der Waals surface area contributed by atoms with E-state index in [0.29, 0.717) is 22.9 Å². The molecule has 8 nitrogen and oxygen atoms in total. The molecule has 0 saturated heterocycles. The smallest absolute Gasteiger partial charge is 0.261 e. The second-order valence-electron chi connectivity index (χ2n) is 7.14. The van der Waals surface area contributed by atoms with E-state index in [-0.39, 0.29) is 5.91 Å². The molecule has 4 rings (SSSR count). The van der Waals surface area contributed by atoms with Gasteiger partial charge < -0.3 is 9.47 Å². The molecule has 0 aromatic carbocycles. The number of nitrogens with zero attached hydrogens (tertiary/aromatic N) is 4. The Balaban J connectivity index is 1.86. The molecule has 1 N–H and O–H groups in total. The molecular formula is C20H21N5O3. The van der Waals surface area contributed by atoms with Gasteiger partial charge in [0.15, 0.2) is 5.75 Å². The third kappa shape index (κ3) is 2.52. The molecule has 0 aliphatic carbocycles. The van der Waals surface area contributed by atoms with Gasteiger partial charge in [0.2, 0.25) is 0 Å². The van der Waals surface area contributed by atoms with Gasteiger partial charge in [-0.2, -0.15) is 5.10 Å². The summed E-state index contributed by atoms with van der Waals surface area (Å²) >= 11 is 0. The Morgan fingerprint density at radius 3 is 2.57 bits per heavy atom. The summed E-state index contributed by atoms with van der Waals surface area (Å²) in [5.41, 5.74) is 3.81. The number of aromatic amines is 1. The number of H-pyrrole nitrogens is 1. The number of hydrogen-bond acceptors (Lipinski definition) is 6. The molecule has 0 atom stereocenters. The number of nitrogens with one attached hydrogen (secondary N) is 1. The summed E-state index contributed by atoms with van der Waals surface area (Å²) in [5, 5.41) is 6.75. The van der Waals surface area contributed by atoms with Gasteiger partial charge in [0.05, 0.1) is 48.6 Å². The molecule has 0 fully saturated rings. The number of aryl methyl sites for hydroxylation is 1. The number of fused-ring (bicyclic) bond motifs is 1. The quantitative estimate of drug-likeness (QED) is 0.749. The number of ether oxygens (including phenoxy) is 2. The zero-order chi connectivity index (χ0) is 20.1. The largest absolute Gasteiger partial charge is 0.491 e. The molecule has 0 saturated carbocycles. The second-order valence-corrected chi connectivity index (χ2v) is 7.14. The minimum atomic E-state index is -0.624. The highest BCUT2D eigenvalue weighted by Crippen LogP contribution is 2.43. The van der Waals surface area contributed by atoms with Crippen LogP contribution in [0.1, 0.15) is 35.5 Å². The minimum absolute atomic E-state index is 0.0802. The Morgan fingerprint density at radius 1 is 1.14 bits per heavy atom. The second kappa shape index (κ2) is 6.33. The van der Waals surface area contributed by atoms with E-state index in [1.54, 1.807) is 37.7 Å². The summed E-state index contributed by atoms with van der Waals surface area (Å²) in [7, 11) is 3.11. The highest BCUT2D eigenvalue weighted by Gasteiger charge is 2.46. The normalized spacial score (nSPS) is 14.9. The number of amides is 1. The molecule has 3 aromatic rings. The predicted molar refractivity (Wildman–Crippen MR) is 104 cm³/mol. The molecule has 4 heterocycles. The summed E-state index contributed by atoms with van der Waals surface area (Å²) in [6.45, 7) is 5.88. The molecule has 8 heteroatoms. The average molecular weight is 379 g/mol. The van der Waals surface area contributed by atoms with Crippen molar-refractivity contribution >= 4 is 11.6 Å². The van der Waals surface area contributed by atoms with Gasteiger partial charge in [-0.3, -0.25) is 14.8 Å². The van der Waals surface area contributed by atoms with E-state index >= 15 is 0 Å². The molecular weight excluding hydrogens is 358 g/mol. The number of aromatic nitrogens is 4. The molecule has 0 bridgehead atoms. The van der Waals surface area contributed by atoms with Crippen LogP contribution in [0, 0.1) is 6.92 Å². The lowest BCUT2D eigenvalue weighted by Gasteiger charge is -2.30. The Bertz CT molecular complexity index is 1060. The fourth-order valence-electron chi connectivity index (χ4n) is 3.68. The number of pyridine rings is 2. The SMILES string of the molecule is COc1cc(-c2cc(C)c3c(n2)C(C)(C)N(c2cn[nH]c2)C3=O)cnc1OC. The molecule has 1 aliphatic rings. The average Bonchev–Trinajstić information content (AvgIpc) is 3.26. The van der Waals surface area contributed by atoms with E-state index in [1.165, 1.54) is 0 Å². The van der Waals surface area contributed by atoms with Gasteiger partial charge >= 0.3 is 0 Å². The Kier molecular flexibility index (Phi) is 4.06. The summed E-state index contributed by atoms with van der Waals surface area (Å²) in [4.78, 5) is 24.0. The van der Waals surface area contributed by atoms with Crippen molar-refractivity contribution in [3.63, 3.8) is 0 Å². The van der Waals surface area contributed by atoms with Crippen LogP contribution in [0.5, 0.6) is 11.6 Å². The topological polar surface area (TPSA) is 93.2 Å². The zero-order valence-corrected chi connectivity index (χ0v) is 16.4. The first-order valence-electron chi connectivity index (χ1n) is 8.82. The Hall–Kier alpha value is -3.42. The minimum Gasteiger partial charge on any atom is -0.491 e.